The number of halogens is 1. The Morgan fingerprint density at radius 1 is 1.58 bits per heavy atom. The normalized spacial score (nSPS) is 16.1. The highest BCUT2D eigenvalue weighted by molar-refractivity contribution is 9.12. The molecular formula is C10H12BrN. The van der Waals surface area contributed by atoms with Gasteiger partial charge in [0.25, 0.3) is 0 Å². The van der Waals surface area contributed by atoms with Gasteiger partial charge in [0, 0.05) is 16.9 Å². The van der Waals surface area contributed by atoms with E-state index in [4.69, 9.17) is 0 Å². The number of hydrogen-bond acceptors (Lipinski definition) is 1. The molecule has 0 spiro atoms. The first-order chi connectivity index (χ1) is 5.61. The molecule has 0 aromatic rings. The Morgan fingerprint density at radius 3 is 2.83 bits per heavy atom. The Bertz CT molecular complexity index is 280. The molecular weight excluding hydrogens is 214 g/mol. The predicted molar refractivity (Wildman–Crippen MR) is 56.6 cm³/mol. The van der Waals surface area contributed by atoms with Gasteiger partial charge in [0.05, 0.1) is 5.70 Å². The summed E-state index contributed by atoms with van der Waals surface area (Å²) < 4.78 is 1.03. The summed E-state index contributed by atoms with van der Waals surface area (Å²) in [5.41, 5.74) is 2.22. The summed E-state index contributed by atoms with van der Waals surface area (Å²) >= 11 is 3.42. The third-order valence-electron chi connectivity index (χ3n) is 1.47. The van der Waals surface area contributed by atoms with Crippen molar-refractivity contribution in [3.05, 3.63) is 46.9 Å². The third kappa shape index (κ3) is 2.11. The standard InChI is InChI=1S/C10H12BrN/c1-8(2)7-12-6-4-5-10(11)9(12)3/h4-7H,3H2,1-2H3. The zero-order chi connectivity index (χ0) is 9.14. The largest absolute Gasteiger partial charge is 0.323 e. The summed E-state index contributed by atoms with van der Waals surface area (Å²) in [6, 6.07) is 0. The lowest BCUT2D eigenvalue weighted by atomic mass is 10.3. The van der Waals surface area contributed by atoms with E-state index >= 15 is 0 Å². The van der Waals surface area contributed by atoms with Crippen molar-refractivity contribution in [1.29, 1.82) is 0 Å². The van der Waals surface area contributed by atoms with E-state index in [9.17, 15) is 0 Å². The Kier molecular flexibility index (Phi) is 2.93. The minimum atomic E-state index is 0.971. The monoisotopic (exact) mass is 225 g/mol. The van der Waals surface area contributed by atoms with E-state index in [2.05, 4.69) is 36.4 Å². The fourth-order valence-corrected chi connectivity index (χ4v) is 1.29. The molecule has 0 aromatic heterocycles. The Labute approximate surface area is 81.9 Å². The van der Waals surface area contributed by atoms with Gasteiger partial charge in [0.15, 0.2) is 0 Å². The molecule has 1 heterocycles. The van der Waals surface area contributed by atoms with E-state index in [1.54, 1.807) is 0 Å². The van der Waals surface area contributed by atoms with Crippen molar-refractivity contribution >= 4 is 15.9 Å². The molecule has 0 bridgehead atoms. The van der Waals surface area contributed by atoms with E-state index in [0.717, 1.165) is 10.2 Å². The highest BCUT2D eigenvalue weighted by Gasteiger charge is 2.07. The molecule has 1 rings (SSSR count). The van der Waals surface area contributed by atoms with E-state index < -0.39 is 0 Å². The topological polar surface area (TPSA) is 3.24 Å². The zero-order valence-corrected chi connectivity index (χ0v) is 8.93. The van der Waals surface area contributed by atoms with Gasteiger partial charge in [0.2, 0.25) is 0 Å². The van der Waals surface area contributed by atoms with Crippen LogP contribution in [0.15, 0.2) is 46.9 Å². The molecule has 1 aliphatic rings. The second-order valence-electron chi connectivity index (χ2n) is 2.92. The lowest BCUT2D eigenvalue weighted by Gasteiger charge is -2.21. The molecule has 0 unspecified atom stereocenters. The maximum atomic E-state index is 3.94. The van der Waals surface area contributed by atoms with Gasteiger partial charge in [-0.25, -0.2) is 0 Å². The van der Waals surface area contributed by atoms with Gasteiger partial charge in [-0.1, -0.05) is 12.2 Å². The third-order valence-corrected chi connectivity index (χ3v) is 2.20. The SMILES string of the molecule is C=C1C(Br)=CC=CN1C=C(C)C. The Morgan fingerprint density at radius 2 is 2.25 bits per heavy atom. The fraction of sp³-hybridized carbons (Fsp3) is 0.200. The second-order valence-corrected chi connectivity index (χ2v) is 3.77. The first-order valence-electron chi connectivity index (χ1n) is 3.78. The van der Waals surface area contributed by atoms with Crippen molar-refractivity contribution in [2.24, 2.45) is 0 Å². The first-order valence-corrected chi connectivity index (χ1v) is 4.57. The molecule has 1 nitrogen and oxygen atoms in total. The van der Waals surface area contributed by atoms with Crippen LogP contribution in [-0.4, -0.2) is 4.90 Å². The molecule has 0 radical (unpaired) electrons. The lowest BCUT2D eigenvalue weighted by Crippen LogP contribution is -2.10. The Balaban J connectivity index is 2.84. The molecule has 0 saturated heterocycles. The maximum absolute atomic E-state index is 3.94. The number of hydrogen-bond donors (Lipinski definition) is 0. The molecule has 2 heteroatoms. The first kappa shape index (κ1) is 9.33. The molecule has 1 aliphatic heterocycles. The molecule has 0 aromatic carbocycles. The minimum absolute atomic E-state index is 0.971. The number of nitrogens with zero attached hydrogens (tertiary/aromatic N) is 1. The van der Waals surface area contributed by atoms with Gasteiger partial charge < -0.3 is 4.90 Å². The number of allylic oxidation sites excluding steroid dienone is 4. The lowest BCUT2D eigenvalue weighted by molar-refractivity contribution is 0.639. The fourth-order valence-electron chi connectivity index (χ4n) is 0.929. The highest BCUT2D eigenvalue weighted by Crippen LogP contribution is 2.24. The smallest absolute Gasteiger partial charge is 0.0519 e. The molecule has 0 fully saturated rings. The molecule has 0 amide bonds. The van der Waals surface area contributed by atoms with Crippen LogP contribution in [0.25, 0.3) is 0 Å². The average Bonchev–Trinajstić information content (AvgIpc) is 1.98. The summed E-state index contributed by atoms with van der Waals surface area (Å²) in [4.78, 5) is 2.00. The summed E-state index contributed by atoms with van der Waals surface area (Å²) in [5, 5.41) is 0. The van der Waals surface area contributed by atoms with Gasteiger partial charge in [-0.15, -0.1) is 0 Å². The molecule has 0 atom stereocenters. The summed E-state index contributed by atoms with van der Waals surface area (Å²) in [7, 11) is 0. The van der Waals surface area contributed by atoms with Crippen LogP contribution in [0.1, 0.15) is 13.8 Å². The van der Waals surface area contributed by atoms with Gasteiger partial charge >= 0.3 is 0 Å². The van der Waals surface area contributed by atoms with Crippen molar-refractivity contribution < 1.29 is 0 Å². The van der Waals surface area contributed by atoms with Crippen molar-refractivity contribution in [3.63, 3.8) is 0 Å². The van der Waals surface area contributed by atoms with Crippen molar-refractivity contribution in [2.75, 3.05) is 0 Å². The van der Waals surface area contributed by atoms with Crippen LogP contribution >= 0.6 is 15.9 Å². The molecule has 64 valence electrons. The average molecular weight is 226 g/mol. The van der Waals surface area contributed by atoms with Crippen LogP contribution in [0.5, 0.6) is 0 Å². The van der Waals surface area contributed by atoms with Gasteiger partial charge in [0.1, 0.15) is 0 Å². The van der Waals surface area contributed by atoms with E-state index in [-0.39, 0.29) is 0 Å². The zero-order valence-electron chi connectivity index (χ0n) is 7.34. The van der Waals surface area contributed by atoms with Gasteiger partial charge in [-0.05, 0) is 41.9 Å². The van der Waals surface area contributed by atoms with E-state index in [1.165, 1.54) is 5.57 Å². The maximum Gasteiger partial charge on any atom is 0.0519 e. The van der Waals surface area contributed by atoms with E-state index in [1.807, 2.05) is 29.5 Å². The molecule has 12 heavy (non-hydrogen) atoms. The highest BCUT2D eigenvalue weighted by atomic mass is 79.9. The summed E-state index contributed by atoms with van der Waals surface area (Å²) in [5.74, 6) is 0. The van der Waals surface area contributed by atoms with Gasteiger partial charge in [-0.2, -0.15) is 0 Å². The van der Waals surface area contributed by atoms with E-state index in [0.29, 0.717) is 0 Å². The van der Waals surface area contributed by atoms with Crippen LogP contribution < -0.4 is 0 Å². The van der Waals surface area contributed by atoms with Crippen LogP contribution in [0.3, 0.4) is 0 Å². The predicted octanol–water partition coefficient (Wildman–Crippen LogP) is 3.53. The van der Waals surface area contributed by atoms with Crippen LogP contribution in [-0.2, 0) is 0 Å². The molecule has 0 N–H and O–H groups in total. The molecule has 0 saturated carbocycles. The van der Waals surface area contributed by atoms with Crippen molar-refractivity contribution in [2.45, 2.75) is 13.8 Å². The van der Waals surface area contributed by atoms with Crippen LogP contribution in [0.4, 0.5) is 0 Å². The van der Waals surface area contributed by atoms with Gasteiger partial charge in [-0.3, -0.25) is 0 Å². The second kappa shape index (κ2) is 3.76. The summed E-state index contributed by atoms with van der Waals surface area (Å²) in [6.45, 7) is 8.07. The number of rotatable bonds is 1. The summed E-state index contributed by atoms with van der Waals surface area (Å²) in [6.07, 6.45) is 8.00. The van der Waals surface area contributed by atoms with Crippen LogP contribution in [0.2, 0.25) is 0 Å². The molecule has 0 aliphatic carbocycles. The quantitative estimate of drug-likeness (QED) is 0.661. The van der Waals surface area contributed by atoms with Crippen molar-refractivity contribution in [1.82, 2.24) is 4.90 Å². The van der Waals surface area contributed by atoms with Crippen LogP contribution in [0, 0.1) is 0 Å². The van der Waals surface area contributed by atoms with Crippen molar-refractivity contribution in [3.8, 4) is 0 Å². The Hall–Kier alpha value is -0.760. The minimum Gasteiger partial charge on any atom is -0.323 e.